The van der Waals surface area contributed by atoms with Crippen molar-refractivity contribution < 1.29 is 4.79 Å². The van der Waals surface area contributed by atoms with Crippen LogP contribution < -0.4 is 11.1 Å². The summed E-state index contributed by atoms with van der Waals surface area (Å²) in [5.74, 6) is 0.175. The van der Waals surface area contributed by atoms with Gasteiger partial charge in [-0.05, 0) is 37.6 Å². The summed E-state index contributed by atoms with van der Waals surface area (Å²) < 4.78 is 0. The van der Waals surface area contributed by atoms with Crippen molar-refractivity contribution in [2.75, 3.05) is 11.1 Å². The van der Waals surface area contributed by atoms with E-state index in [0.717, 1.165) is 29.9 Å². The zero-order chi connectivity index (χ0) is 14.5. The summed E-state index contributed by atoms with van der Waals surface area (Å²) in [5.41, 5.74) is 8.67. The Bertz CT molecular complexity index is 625. The van der Waals surface area contributed by atoms with Gasteiger partial charge in [0.05, 0.1) is 0 Å². The van der Waals surface area contributed by atoms with Gasteiger partial charge in [0.15, 0.2) is 0 Å². The van der Waals surface area contributed by atoms with Crippen molar-refractivity contribution in [1.29, 1.82) is 0 Å². The number of hydrogen-bond donors (Lipinski definition) is 2. The molecule has 2 aromatic heterocycles. The van der Waals surface area contributed by atoms with Crippen LogP contribution in [-0.4, -0.2) is 15.9 Å². The minimum atomic E-state index is -0.193. The van der Waals surface area contributed by atoms with Crippen LogP contribution in [0.25, 0.3) is 0 Å². The van der Waals surface area contributed by atoms with Crippen molar-refractivity contribution in [3.8, 4) is 0 Å². The summed E-state index contributed by atoms with van der Waals surface area (Å²) >= 11 is 0. The normalized spacial score (nSPS) is 10.3. The SMILES string of the molecule is CCCc1cc(C(=O)Nc2ccnc(C)c2)cc(N)n1. The first-order valence-electron chi connectivity index (χ1n) is 6.59. The number of aromatic nitrogens is 2. The summed E-state index contributed by atoms with van der Waals surface area (Å²) in [5, 5.41) is 2.83. The molecule has 0 aliphatic rings. The van der Waals surface area contributed by atoms with E-state index in [1.54, 1.807) is 24.4 Å². The molecule has 0 fully saturated rings. The van der Waals surface area contributed by atoms with Crippen molar-refractivity contribution in [2.24, 2.45) is 0 Å². The van der Waals surface area contributed by atoms with Gasteiger partial charge in [-0.2, -0.15) is 0 Å². The smallest absolute Gasteiger partial charge is 0.255 e. The summed E-state index contributed by atoms with van der Waals surface area (Å²) in [4.78, 5) is 20.5. The molecule has 2 rings (SSSR count). The Morgan fingerprint density at radius 2 is 2.15 bits per heavy atom. The first kappa shape index (κ1) is 14.0. The van der Waals surface area contributed by atoms with Gasteiger partial charge in [0, 0.05) is 28.8 Å². The van der Waals surface area contributed by atoms with Crippen LogP contribution in [0.1, 0.15) is 35.1 Å². The van der Waals surface area contributed by atoms with Gasteiger partial charge >= 0.3 is 0 Å². The molecular formula is C15H18N4O. The molecule has 104 valence electrons. The number of nitrogens with one attached hydrogen (secondary N) is 1. The lowest BCUT2D eigenvalue weighted by atomic mass is 10.1. The van der Waals surface area contributed by atoms with E-state index >= 15 is 0 Å². The van der Waals surface area contributed by atoms with Crippen molar-refractivity contribution in [3.05, 3.63) is 47.4 Å². The van der Waals surface area contributed by atoms with Crippen molar-refractivity contribution in [3.63, 3.8) is 0 Å². The van der Waals surface area contributed by atoms with E-state index in [-0.39, 0.29) is 5.91 Å². The van der Waals surface area contributed by atoms with Gasteiger partial charge in [-0.15, -0.1) is 0 Å². The zero-order valence-electron chi connectivity index (χ0n) is 11.7. The Hall–Kier alpha value is -2.43. The Morgan fingerprint density at radius 3 is 2.85 bits per heavy atom. The van der Waals surface area contributed by atoms with Gasteiger partial charge < -0.3 is 11.1 Å². The van der Waals surface area contributed by atoms with Crippen LogP contribution in [0, 0.1) is 6.92 Å². The average molecular weight is 270 g/mol. The summed E-state index contributed by atoms with van der Waals surface area (Å²) in [7, 11) is 0. The van der Waals surface area contributed by atoms with Crippen LogP contribution in [0.15, 0.2) is 30.5 Å². The molecule has 20 heavy (non-hydrogen) atoms. The first-order valence-corrected chi connectivity index (χ1v) is 6.59. The predicted octanol–water partition coefficient (Wildman–Crippen LogP) is 2.57. The largest absolute Gasteiger partial charge is 0.384 e. The second-order valence-corrected chi connectivity index (χ2v) is 4.66. The highest BCUT2D eigenvalue weighted by atomic mass is 16.1. The topological polar surface area (TPSA) is 80.9 Å². The van der Waals surface area contributed by atoms with Crippen molar-refractivity contribution in [1.82, 2.24) is 9.97 Å². The van der Waals surface area contributed by atoms with Crippen LogP contribution in [0.4, 0.5) is 11.5 Å². The molecule has 0 aliphatic heterocycles. The molecule has 2 aromatic rings. The highest BCUT2D eigenvalue weighted by molar-refractivity contribution is 6.04. The fraction of sp³-hybridized carbons (Fsp3) is 0.267. The van der Waals surface area contributed by atoms with Gasteiger partial charge in [0.1, 0.15) is 5.82 Å². The van der Waals surface area contributed by atoms with E-state index in [4.69, 9.17) is 5.73 Å². The quantitative estimate of drug-likeness (QED) is 0.894. The molecule has 0 unspecified atom stereocenters. The van der Waals surface area contributed by atoms with E-state index in [1.807, 2.05) is 13.0 Å². The van der Waals surface area contributed by atoms with Crippen LogP contribution in [0.5, 0.6) is 0 Å². The Morgan fingerprint density at radius 1 is 1.35 bits per heavy atom. The van der Waals surface area contributed by atoms with Gasteiger partial charge in [-0.3, -0.25) is 9.78 Å². The fourth-order valence-electron chi connectivity index (χ4n) is 1.95. The molecule has 0 aliphatic carbocycles. The Labute approximate surface area is 118 Å². The molecule has 5 nitrogen and oxygen atoms in total. The number of amides is 1. The van der Waals surface area contributed by atoms with E-state index in [2.05, 4.69) is 22.2 Å². The molecule has 0 radical (unpaired) electrons. The lowest BCUT2D eigenvalue weighted by Crippen LogP contribution is -2.13. The highest BCUT2D eigenvalue weighted by Gasteiger charge is 2.09. The fourth-order valence-corrected chi connectivity index (χ4v) is 1.95. The summed E-state index contributed by atoms with van der Waals surface area (Å²) in [6.07, 6.45) is 3.43. The number of hydrogen-bond acceptors (Lipinski definition) is 4. The average Bonchev–Trinajstić information content (AvgIpc) is 2.38. The number of anilines is 2. The monoisotopic (exact) mass is 270 g/mol. The van der Waals surface area contributed by atoms with Gasteiger partial charge in [-0.25, -0.2) is 4.98 Å². The standard InChI is InChI=1S/C15H18N4O/c1-3-4-12-8-11(9-14(16)18-12)15(20)19-13-5-6-17-10(2)7-13/h5-9H,3-4H2,1-2H3,(H2,16,18)(H,17,19,20). The highest BCUT2D eigenvalue weighted by Crippen LogP contribution is 2.13. The molecule has 1 amide bonds. The molecule has 2 heterocycles. The molecular weight excluding hydrogens is 252 g/mol. The van der Waals surface area contributed by atoms with E-state index in [1.165, 1.54) is 0 Å². The zero-order valence-corrected chi connectivity index (χ0v) is 11.7. The van der Waals surface area contributed by atoms with E-state index in [9.17, 15) is 4.79 Å². The number of carbonyl (C=O) groups excluding carboxylic acids is 1. The van der Waals surface area contributed by atoms with Gasteiger partial charge in [0.2, 0.25) is 0 Å². The van der Waals surface area contributed by atoms with E-state index < -0.39 is 0 Å². The third-order valence-electron chi connectivity index (χ3n) is 2.82. The second-order valence-electron chi connectivity index (χ2n) is 4.66. The first-order chi connectivity index (χ1) is 9.58. The lowest BCUT2D eigenvalue weighted by molar-refractivity contribution is 0.102. The van der Waals surface area contributed by atoms with Crippen LogP contribution in [0.3, 0.4) is 0 Å². The summed E-state index contributed by atoms with van der Waals surface area (Å²) in [6, 6.07) is 6.93. The molecule has 5 heteroatoms. The van der Waals surface area contributed by atoms with Crippen LogP contribution in [-0.2, 0) is 6.42 Å². The summed E-state index contributed by atoms with van der Waals surface area (Å²) in [6.45, 7) is 3.93. The maximum atomic E-state index is 12.2. The Kier molecular flexibility index (Phi) is 4.30. The molecule has 3 N–H and O–H groups in total. The molecule has 0 atom stereocenters. The molecule has 0 aromatic carbocycles. The predicted molar refractivity (Wildman–Crippen MR) is 79.6 cm³/mol. The number of nitrogens with two attached hydrogens (primary N) is 1. The minimum absolute atomic E-state index is 0.193. The Balaban J connectivity index is 2.20. The molecule has 0 bridgehead atoms. The maximum absolute atomic E-state index is 12.2. The second kappa shape index (κ2) is 6.14. The van der Waals surface area contributed by atoms with Crippen LogP contribution >= 0.6 is 0 Å². The maximum Gasteiger partial charge on any atom is 0.255 e. The van der Waals surface area contributed by atoms with Crippen molar-refractivity contribution >= 4 is 17.4 Å². The number of nitrogens with zero attached hydrogens (tertiary/aromatic N) is 2. The van der Waals surface area contributed by atoms with Crippen LogP contribution in [0.2, 0.25) is 0 Å². The molecule has 0 spiro atoms. The number of carbonyl (C=O) groups is 1. The number of nitrogen functional groups attached to an aromatic ring is 1. The number of aryl methyl sites for hydroxylation is 2. The lowest BCUT2D eigenvalue weighted by Gasteiger charge is -2.08. The third-order valence-corrected chi connectivity index (χ3v) is 2.82. The van der Waals surface area contributed by atoms with Gasteiger partial charge in [0.25, 0.3) is 5.91 Å². The third kappa shape index (κ3) is 3.54. The van der Waals surface area contributed by atoms with Gasteiger partial charge in [-0.1, -0.05) is 13.3 Å². The molecule has 0 saturated carbocycles. The molecule has 0 saturated heterocycles. The number of pyridine rings is 2. The van der Waals surface area contributed by atoms with E-state index in [0.29, 0.717) is 11.4 Å². The minimum Gasteiger partial charge on any atom is -0.384 e. The van der Waals surface area contributed by atoms with Crippen molar-refractivity contribution in [2.45, 2.75) is 26.7 Å². The number of rotatable bonds is 4.